The number of nitrogens with zero attached hydrogens (tertiary/aromatic N) is 4. The maximum absolute atomic E-state index is 14.0. The zero-order chi connectivity index (χ0) is 31.2. The highest BCUT2D eigenvalue weighted by atomic mass is 32.2. The number of hydrogen-bond acceptors (Lipinski definition) is 8. The van der Waals surface area contributed by atoms with Crippen LogP contribution in [-0.2, 0) is 19.6 Å². The van der Waals surface area contributed by atoms with Crippen molar-refractivity contribution in [1.82, 2.24) is 24.6 Å². The van der Waals surface area contributed by atoms with Crippen molar-refractivity contribution < 1.29 is 22.7 Å². The molecule has 6 rings (SSSR count). The van der Waals surface area contributed by atoms with Crippen molar-refractivity contribution in [1.29, 1.82) is 0 Å². The Morgan fingerprint density at radius 1 is 1.18 bits per heavy atom. The van der Waals surface area contributed by atoms with Crippen LogP contribution >= 0.6 is 0 Å². The van der Waals surface area contributed by atoms with Crippen LogP contribution in [0.4, 0.5) is 5.95 Å². The number of benzene rings is 1. The van der Waals surface area contributed by atoms with Gasteiger partial charge in [0.1, 0.15) is 0 Å². The number of amides is 2. The predicted molar refractivity (Wildman–Crippen MR) is 169 cm³/mol. The van der Waals surface area contributed by atoms with Gasteiger partial charge in [-0.3, -0.25) is 9.59 Å². The molecule has 3 aliphatic rings. The third-order valence-corrected chi connectivity index (χ3v) is 11.8. The number of piperidine rings is 1. The summed E-state index contributed by atoms with van der Waals surface area (Å²) in [6, 6.07) is 3.65. The van der Waals surface area contributed by atoms with Crippen molar-refractivity contribution in [2.24, 2.45) is 11.8 Å². The number of nitrogens with one attached hydrogen (secondary N) is 2. The van der Waals surface area contributed by atoms with Gasteiger partial charge in [0.25, 0.3) is 5.91 Å². The van der Waals surface area contributed by atoms with Crippen LogP contribution in [0.1, 0.15) is 55.5 Å². The lowest BCUT2D eigenvalue weighted by atomic mass is 9.84. The van der Waals surface area contributed by atoms with E-state index in [1.807, 2.05) is 25.7 Å². The first kappa shape index (κ1) is 30.3. The second kappa shape index (κ2) is 11.6. The average Bonchev–Trinajstić information content (AvgIpc) is 3.73. The zero-order valence-electron chi connectivity index (χ0n) is 25.5. The van der Waals surface area contributed by atoms with Crippen LogP contribution in [0.2, 0.25) is 0 Å². The summed E-state index contributed by atoms with van der Waals surface area (Å²) in [5.74, 6) is -0.0907. The van der Waals surface area contributed by atoms with E-state index in [1.165, 1.54) is 3.97 Å². The summed E-state index contributed by atoms with van der Waals surface area (Å²) in [6.45, 7) is 12.4. The number of aryl methyl sites for hydroxylation is 1. The summed E-state index contributed by atoms with van der Waals surface area (Å²) in [5.41, 5.74) is 2.72. The first-order valence-electron chi connectivity index (χ1n) is 15.3. The van der Waals surface area contributed by atoms with Gasteiger partial charge in [-0.1, -0.05) is 13.0 Å². The summed E-state index contributed by atoms with van der Waals surface area (Å²) >= 11 is 0. The van der Waals surface area contributed by atoms with Crippen LogP contribution in [-0.4, -0.2) is 77.8 Å². The molecule has 0 spiro atoms. The van der Waals surface area contributed by atoms with Gasteiger partial charge in [-0.25, -0.2) is 22.4 Å². The molecule has 4 heterocycles. The van der Waals surface area contributed by atoms with Gasteiger partial charge >= 0.3 is 0 Å². The van der Waals surface area contributed by atoms with Crippen LogP contribution in [0.3, 0.4) is 0 Å². The lowest BCUT2D eigenvalue weighted by molar-refractivity contribution is -0.129. The maximum atomic E-state index is 14.0. The SMILES string of the molecule is C=CCC1(S(=O)(=O)n2cc(C)c3c(C(=O)NCC4C(=O)NC(C)CC4C)cc(-c4cnc(N5CCOCC5)nc4)cc32)CC1. The van der Waals surface area contributed by atoms with Gasteiger partial charge in [-0.2, -0.15) is 0 Å². The average molecular weight is 621 g/mol. The fraction of sp³-hybridized carbons (Fsp3) is 0.500. The predicted octanol–water partition coefficient (Wildman–Crippen LogP) is 3.42. The summed E-state index contributed by atoms with van der Waals surface area (Å²) in [6.07, 6.45) is 8.98. The Hall–Kier alpha value is -3.77. The molecule has 0 radical (unpaired) electrons. The van der Waals surface area contributed by atoms with E-state index in [0.717, 1.165) is 6.42 Å². The molecule has 1 aliphatic carbocycles. The monoisotopic (exact) mass is 620 g/mol. The Kier molecular flexibility index (Phi) is 8.00. The van der Waals surface area contributed by atoms with Crippen molar-refractivity contribution in [3.63, 3.8) is 0 Å². The summed E-state index contributed by atoms with van der Waals surface area (Å²) in [5, 5.41) is 6.52. The van der Waals surface area contributed by atoms with Gasteiger partial charge < -0.3 is 20.3 Å². The van der Waals surface area contributed by atoms with Crippen LogP contribution in [0.25, 0.3) is 22.0 Å². The minimum atomic E-state index is -3.80. The van der Waals surface area contributed by atoms with E-state index in [4.69, 9.17) is 4.74 Å². The quantitative estimate of drug-likeness (QED) is 0.348. The van der Waals surface area contributed by atoms with Crippen molar-refractivity contribution in [3.8, 4) is 11.1 Å². The second-order valence-electron chi connectivity index (χ2n) is 12.5. The Balaban J connectivity index is 1.41. The maximum Gasteiger partial charge on any atom is 0.252 e. The van der Waals surface area contributed by atoms with E-state index < -0.39 is 14.8 Å². The van der Waals surface area contributed by atoms with Gasteiger partial charge in [0, 0.05) is 60.8 Å². The highest BCUT2D eigenvalue weighted by Crippen LogP contribution is 2.49. The lowest BCUT2D eigenvalue weighted by Crippen LogP contribution is -2.50. The van der Waals surface area contributed by atoms with E-state index in [9.17, 15) is 18.0 Å². The molecule has 2 amide bonds. The molecule has 3 atom stereocenters. The lowest BCUT2D eigenvalue weighted by Gasteiger charge is -2.32. The van der Waals surface area contributed by atoms with E-state index >= 15 is 0 Å². The number of morpholine rings is 1. The molecule has 2 saturated heterocycles. The minimum absolute atomic E-state index is 0.0710. The summed E-state index contributed by atoms with van der Waals surface area (Å²) in [7, 11) is -3.80. The third-order valence-electron chi connectivity index (χ3n) is 9.32. The van der Waals surface area contributed by atoms with E-state index in [0.29, 0.717) is 84.7 Å². The molecule has 3 aromatic rings. The van der Waals surface area contributed by atoms with Crippen LogP contribution in [0, 0.1) is 18.8 Å². The Morgan fingerprint density at radius 2 is 1.89 bits per heavy atom. The topological polar surface area (TPSA) is 136 Å². The number of aromatic nitrogens is 3. The van der Waals surface area contributed by atoms with Crippen molar-refractivity contribution in [3.05, 3.63) is 54.5 Å². The Labute approximate surface area is 258 Å². The summed E-state index contributed by atoms with van der Waals surface area (Å²) in [4.78, 5) is 37.8. The number of hydrogen-bond donors (Lipinski definition) is 2. The highest BCUT2D eigenvalue weighted by molar-refractivity contribution is 7.91. The van der Waals surface area contributed by atoms with Crippen molar-refractivity contribution in [2.75, 3.05) is 37.7 Å². The number of fused-ring (bicyclic) bond motifs is 1. The summed E-state index contributed by atoms with van der Waals surface area (Å²) < 4.78 is 34.0. The fourth-order valence-corrected chi connectivity index (χ4v) is 8.69. The van der Waals surface area contributed by atoms with E-state index in [1.54, 1.807) is 36.8 Å². The molecule has 44 heavy (non-hydrogen) atoms. The molecule has 234 valence electrons. The largest absolute Gasteiger partial charge is 0.378 e. The second-order valence-corrected chi connectivity index (χ2v) is 14.7. The fourth-order valence-electron chi connectivity index (χ4n) is 6.63. The highest BCUT2D eigenvalue weighted by Gasteiger charge is 2.54. The van der Waals surface area contributed by atoms with E-state index in [-0.39, 0.29) is 36.2 Å². The first-order chi connectivity index (χ1) is 21.0. The van der Waals surface area contributed by atoms with Gasteiger partial charge in [0.2, 0.25) is 21.9 Å². The molecular formula is C32H40N6O5S. The third kappa shape index (κ3) is 5.38. The molecule has 3 unspecified atom stereocenters. The molecule has 1 saturated carbocycles. The van der Waals surface area contributed by atoms with E-state index in [2.05, 4.69) is 27.2 Å². The Morgan fingerprint density at radius 3 is 2.52 bits per heavy atom. The number of carbonyl (C=O) groups is 2. The smallest absolute Gasteiger partial charge is 0.252 e. The van der Waals surface area contributed by atoms with Gasteiger partial charge in [0.15, 0.2) is 0 Å². The van der Waals surface area contributed by atoms with Crippen LogP contribution in [0.15, 0.2) is 43.4 Å². The van der Waals surface area contributed by atoms with Gasteiger partial charge in [-0.05, 0) is 68.7 Å². The number of carbonyl (C=O) groups excluding carboxylic acids is 2. The van der Waals surface area contributed by atoms with Crippen LogP contribution in [0.5, 0.6) is 0 Å². The van der Waals surface area contributed by atoms with Gasteiger partial charge in [0.05, 0.1) is 29.4 Å². The molecular weight excluding hydrogens is 580 g/mol. The Bertz CT molecular complexity index is 1710. The number of rotatable bonds is 9. The molecule has 1 aromatic carbocycles. The molecule has 0 bridgehead atoms. The van der Waals surface area contributed by atoms with Crippen molar-refractivity contribution >= 4 is 38.7 Å². The molecule has 2 aromatic heterocycles. The molecule has 2 aliphatic heterocycles. The first-order valence-corrected chi connectivity index (χ1v) is 16.7. The normalized spacial score (nSPS) is 23.3. The van der Waals surface area contributed by atoms with Crippen molar-refractivity contribution in [2.45, 2.75) is 57.2 Å². The molecule has 3 fully saturated rings. The standard InChI is InChI=1S/C32H40N6O5S/c1-5-6-32(7-8-32)44(41,42)38-19-21(3)28-25(29(39)33-18-26-20(2)13-22(4)36-30(26)40)14-23(15-27(28)38)24-16-34-31(35-17-24)37-9-11-43-12-10-37/h5,14-17,19-20,22,26H,1,6-13,18H2,2-4H3,(H,33,39)(H,36,40). The number of ether oxygens (including phenoxy) is 1. The van der Waals surface area contributed by atoms with Crippen LogP contribution < -0.4 is 15.5 Å². The zero-order valence-corrected chi connectivity index (χ0v) is 26.3. The molecule has 12 heteroatoms. The number of anilines is 1. The molecule has 2 N–H and O–H groups in total. The minimum Gasteiger partial charge on any atom is -0.378 e. The van der Waals surface area contributed by atoms with Gasteiger partial charge in [-0.15, -0.1) is 6.58 Å². The molecule has 11 nitrogen and oxygen atoms in total. The number of allylic oxidation sites excluding steroid dienone is 1.